The second-order valence-electron chi connectivity index (χ2n) is 2.27. The molecule has 0 spiro atoms. The van der Waals surface area contributed by atoms with E-state index >= 15 is 0 Å². The Labute approximate surface area is 50.5 Å². The summed E-state index contributed by atoms with van der Waals surface area (Å²) in [5.74, 6) is -4.41. The summed E-state index contributed by atoms with van der Waals surface area (Å²) in [6.45, 7) is 0. The molecule has 0 N–H and O–H groups in total. The lowest BCUT2D eigenvalue weighted by molar-refractivity contribution is -0.236. The quantitative estimate of drug-likeness (QED) is 0.555. The molecule has 1 rings (SSSR count). The number of hydrogen-bond donors (Lipinski definition) is 0. The van der Waals surface area contributed by atoms with Gasteiger partial charge in [0.15, 0.2) is 0 Å². The van der Waals surface area contributed by atoms with E-state index in [1.165, 1.54) is 0 Å². The normalized spacial score (nSPS) is 26.3. The Morgan fingerprint density at radius 1 is 1.44 bits per heavy atom. The predicted octanol–water partition coefficient (Wildman–Crippen LogP) is 1.76. The van der Waals surface area contributed by atoms with E-state index in [1.54, 1.807) is 0 Å². The summed E-state index contributed by atoms with van der Waals surface area (Å²) < 4.78 is 34.9. The summed E-state index contributed by atoms with van der Waals surface area (Å²) in [5.41, 5.74) is 0. The van der Waals surface area contributed by atoms with E-state index < -0.39 is 18.2 Å². The fourth-order valence-electron chi connectivity index (χ4n) is 0.655. The van der Waals surface area contributed by atoms with Crippen molar-refractivity contribution in [2.45, 2.75) is 25.1 Å². The molecule has 0 saturated heterocycles. The van der Waals surface area contributed by atoms with Crippen LogP contribution < -0.4 is 0 Å². The highest BCUT2D eigenvalue weighted by atomic mass is 19.3. The molecule has 0 bridgehead atoms. The number of alkyl halides is 3. The molecule has 1 nitrogen and oxygen atoms in total. The van der Waals surface area contributed by atoms with Crippen LogP contribution in [0.5, 0.6) is 0 Å². The third-order valence-electron chi connectivity index (χ3n) is 1.43. The van der Waals surface area contributed by atoms with Crippen molar-refractivity contribution in [2.75, 3.05) is 0 Å². The SMILES string of the molecule is [O]C(F)(C(F)F)C1CC1. The van der Waals surface area contributed by atoms with Gasteiger partial charge < -0.3 is 0 Å². The van der Waals surface area contributed by atoms with Gasteiger partial charge in [-0.3, -0.25) is 0 Å². The van der Waals surface area contributed by atoms with E-state index in [9.17, 15) is 18.3 Å². The third kappa shape index (κ3) is 1.18. The summed E-state index contributed by atoms with van der Waals surface area (Å²) in [5, 5.41) is 10.1. The van der Waals surface area contributed by atoms with Crippen molar-refractivity contribution in [3.63, 3.8) is 0 Å². The maximum Gasteiger partial charge on any atom is 0.303 e. The molecule has 9 heavy (non-hydrogen) atoms. The highest BCUT2D eigenvalue weighted by Gasteiger charge is 2.53. The first-order chi connectivity index (χ1) is 4.05. The second kappa shape index (κ2) is 1.87. The Hall–Kier alpha value is -0.250. The summed E-state index contributed by atoms with van der Waals surface area (Å²) in [6.07, 6.45) is -2.75. The third-order valence-corrected chi connectivity index (χ3v) is 1.43. The summed E-state index contributed by atoms with van der Waals surface area (Å²) >= 11 is 0. The minimum atomic E-state index is -3.47. The lowest BCUT2D eigenvalue weighted by atomic mass is 10.2. The summed E-state index contributed by atoms with van der Waals surface area (Å²) in [7, 11) is 0. The lowest BCUT2D eigenvalue weighted by Crippen LogP contribution is -2.32. The van der Waals surface area contributed by atoms with Gasteiger partial charge in [-0.1, -0.05) is 0 Å². The molecular formula is C5H6F3O. The zero-order valence-corrected chi connectivity index (χ0v) is 4.61. The van der Waals surface area contributed by atoms with Crippen molar-refractivity contribution in [3.05, 3.63) is 0 Å². The van der Waals surface area contributed by atoms with Crippen LogP contribution in [0.2, 0.25) is 0 Å². The van der Waals surface area contributed by atoms with Gasteiger partial charge in [0.2, 0.25) is 0 Å². The molecule has 0 aromatic rings. The average Bonchev–Trinajstić information content (AvgIpc) is 2.42. The summed E-state index contributed by atoms with van der Waals surface area (Å²) in [6, 6.07) is 0. The first-order valence-electron chi connectivity index (χ1n) is 2.72. The van der Waals surface area contributed by atoms with Crippen LogP contribution in [0.25, 0.3) is 0 Å². The highest BCUT2D eigenvalue weighted by Crippen LogP contribution is 2.44. The molecule has 0 aromatic heterocycles. The van der Waals surface area contributed by atoms with Crippen LogP contribution in [-0.4, -0.2) is 12.3 Å². The number of halogens is 3. The van der Waals surface area contributed by atoms with Crippen LogP contribution in [0.1, 0.15) is 12.8 Å². The average molecular weight is 139 g/mol. The first-order valence-corrected chi connectivity index (χ1v) is 2.72. The fraction of sp³-hybridized carbons (Fsp3) is 1.00. The van der Waals surface area contributed by atoms with E-state index in [1.807, 2.05) is 0 Å². The monoisotopic (exact) mass is 139 g/mol. The van der Waals surface area contributed by atoms with Crippen molar-refractivity contribution >= 4 is 0 Å². The van der Waals surface area contributed by atoms with Crippen LogP contribution in [0, 0.1) is 5.92 Å². The van der Waals surface area contributed by atoms with E-state index in [4.69, 9.17) is 0 Å². The molecule has 0 heterocycles. The van der Waals surface area contributed by atoms with Crippen LogP contribution in [-0.2, 0) is 5.11 Å². The van der Waals surface area contributed by atoms with E-state index in [-0.39, 0.29) is 0 Å². The summed E-state index contributed by atoms with van der Waals surface area (Å²) in [4.78, 5) is 0. The highest BCUT2D eigenvalue weighted by molar-refractivity contribution is 4.88. The van der Waals surface area contributed by atoms with Crippen molar-refractivity contribution in [1.82, 2.24) is 0 Å². The van der Waals surface area contributed by atoms with Gasteiger partial charge in [0, 0.05) is 5.92 Å². The van der Waals surface area contributed by atoms with Crippen molar-refractivity contribution < 1.29 is 18.3 Å². The van der Waals surface area contributed by atoms with Gasteiger partial charge in [-0.2, -0.15) is 5.11 Å². The fourth-order valence-corrected chi connectivity index (χ4v) is 0.655. The lowest BCUT2D eigenvalue weighted by Gasteiger charge is -2.12. The number of hydrogen-bond acceptors (Lipinski definition) is 0. The van der Waals surface area contributed by atoms with Gasteiger partial charge in [0.1, 0.15) is 0 Å². The molecule has 1 saturated carbocycles. The van der Waals surface area contributed by atoms with Crippen LogP contribution in [0.4, 0.5) is 13.2 Å². The van der Waals surface area contributed by atoms with Gasteiger partial charge in [-0.15, -0.1) is 0 Å². The second-order valence-corrected chi connectivity index (χ2v) is 2.27. The zero-order valence-electron chi connectivity index (χ0n) is 4.61. The molecule has 53 valence electrons. The molecular weight excluding hydrogens is 133 g/mol. The molecule has 4 heteroatoms. The van der Waals surface area contributed by atoms with Crippen LogP contribution >= 0.6 is 0 Å². The molecule has 0 amide bonds. The Kier molecular flexibility index (Phi) is 1.42. The van der Waals surface area contributed by atoms with Crippen LogP contribution in [0.15, 0.2) is 0 Å². The molecule has 1 fully saturated rings. The van der Waals surface area contributed by atoms with Gasteiger partial charge >= 0.3 is 5.85 Å². The molecule has 1 radical (unpaired) electrons. The molecule has 0 aliphatic heterocycles. The van der Waals surface area contributed by atoms with Crippen molar-refractivity contribution in [2.24, 2.45) is 5.92 Å². The maximum atomic E-state index is 12.1. The van der Waals surface area contributed by atoms with E-state index in [0.717, 1.165) is 0 Å². The zero-order chi connectivity index (χ0) is 7.07. The molecule has 1 aliphatic carbocycles. The van der Waals surface area contributed by atoms with Gasteiger partial charge in [0.05, 0.1) is 0 Å². The Morgan fingerprint density at radius 2 is 1.89 bits per heavy atom. The molecule has 1 atom stereocenters. The van der Waals surface area contributed by atoms with E-state index in [2.05, 4.69) is 0 Å². The van der Waals surface area contributed by atoms with E-state index in [0.29, 0.717) is 12.8 Å². The van der Waals surface area contributed by atoms with Crippen molar-refractivity contribution in [3.8, 4) is 0 Å². The predicted molar refractivity (Wildman–Crippen MR) is 23.3 cm³/mol. The topological polar surface area (TPSA) is 19.9 Å². The minimum absolute atomic E-state index is 0.310. The maximum absolute atomic E-state index is 12.1. The largest absolute Gasteiger partial charge is 0.303 e. The smallest absolute Gasteiger partial charge is 0.204 e. The molecule has 1 unspecified atom stereocenters. The molecule has 1 aliphatic rings. The minimum Gasteiger partial charge on any atom is -0.204 e. The Bertz CT molecular complexity index is 105. The molecule has 0 aromatic carbocycles. The first kappa shape index (κ1) is 6.86. The van der Waals surface area contributed by atoms with Gasteiger partial charge in [-0.05, 0) is 12.8 Å². The number of rotatable bonds is 2. The standard InChI is InChI=1S/C5H6F3O/c6-4(7)5(8,9)3-1-2-3/h3-4H,1-2H2. The van der Waals surface area contributed by atoms with Gasteiger partial charge in [-0.25, -0.2) is 13.2 Å². The Balaban J connectivity index is 2.48. The Morgan fingerprint density at radius 3 is 2.00 bits per heavy atom. The van der Waals surface area contributed by atoms with Gasteiger partial charge in [0.25, 0.3) is 6.43 Å². The van der Waals surface area contributed by atoms with Crippen molar-refractivity contribution in [1.29, 1.82) is 0 Å². The van der Waals surface area contributed by atoms with Crippen LogP contribution in [0.3, 0.4) is 0 Å².